The summed E-state index contributed by atoms with van der Waals surface area (Å²) in [5, 5.41) is 7.68. The van der Waals surface area contributed by atoms with Crippen molar-refractivity contribution in [2.45, 2.75) is 12.2 Å². The maximum atomic E-state index is 11.8. The van der Waals surface area contributed by atoms with Gasteiger partial charge in [-0.2, -0.15) is 0 Å². The van der Waals surface area contributed by atoms with E-state index in [2.05, 4.69) is 0 Å². The van der Waals surface area contributed by atoms with Crippen LogP contribution >= 0.6 is 0 Å². The molecular formula is C11H14O4S. The maximum Gasteiger partial charge on any atom is 0.183 e. The van der Waals surface area contributed by atoms with Gasteiger partial charge in [-0.1, -0.05) is 37.3 Å². The van der Waals surface area contributed by atoms with Crippen molar-refractivity contribution < 1.29 is 18.3 Å². The lowest BCUT2D eigenvalue weighted by atomic mass is 10.1. The zero-order valence-electron chi connectivity index (χ0n) is 8.96. The van der Waals surface area contributed by atoms with E-state index < -0.39 is 27.5 Å². The molecule has 0 saturated heterocycles. The number of aliphatic hydroxyl groups is 1. The third-order valence-corrected chi connectivity index (χ3v) is 4.39. The van der Waals surface area contributed by atoms with Crippen LogP contribution in [0.3, 0.4) is 0 Å². The second-order valence-electron chi connectivity index (χ2n) is 3.35. The number of hydrogen-bond donors (Lipinski definition) is 1. The van der Waals surface area contributed by atoms with Crippen molar-refractivity contribution in [1.82, 2.24) is 0 Å². The van der Waals surface area contributed by atoms with Crippen LogP contribution in [-0.4, -0.2) is 36.9 Å². The van der Waals surface area contributed by atoms with Crippen LogP contribution in [0.1, 0.15) is 17.3 Å². The molecule has 0 aromatic heterocycles. The highest BCUT2D eigenvalue weighted by molar-refractivity contribution is 7.92. The lowest BCUT2D eigenvalue weighted by Crippen LogP contribution is -2.35. The summed E-state index contributed by atoms with van der Waals surface area (Å²) in [5.74, 6) is -0.707. The minimum Gasteiger partial charge on any atom is -0.395 e. The Morgan fingerprint density at radius 3 is 2.31 bits per heavy atom. The van der Waals surface area contributed by atoms with Gasteiger partial charge in [-0.05, 0) is 0 Å². The third-order valence-electron chi connectivity index (χ3n) is 2.35. The molecule has 1 aromatic rings. The van der Waals surface area contributed by atoms with Crippen LogP contribution in [-0.2, 0) is 9.84 Å². The van der Waals surface area contributed by atoms with Crippen molar-refractivity contribution >= 4 is 15.6 Å². The summed E-state index contributed by atoms with van der Waals surface area (Å²) in [5.41, 5.74) is 0.304. The summed E-state index contributed by atoms with van der Waals surface area (Å²) < 4.78 is 23.1. The Balaban J connectivity index is 3.05. The normalized spacial score (nSPS) is 13.4. The highest BCUT2D eigenvalue weighted by Crippen LogP contribution is 2.11. The van der Waals surface area contributed by atoms with E-state index in [1.165, 1.54) is 19.1 Å². The van der Waals surface area contributed by atoms with Gasteiger partial charge in [0, 0.05) is 11.3 Å². The van der Waals surface area contributed by atoms with Crippen LogP contribution in [0.15, 0.2) is 30.3 Å². The van der Waals surface area contributed by atoms with Crippen LogP contribution < -0.4 is 0 Å². The molecule has 0 aliphatic carbocycles. The zero-order valence-corrected chi connectivity index (χ0v) is 9.78. The molecular weight excluding hydrogens is 228 g/mol. The van der Waals surface area contributed by atoms with E-state index in [9.17, 15) is 13.2 Å². The summed E-state index contributed by atoms with van der Waals surface area (Å²) >= 11 is 0. The first-order valence-electron chi connectivity index (χ1n) is 4.94. The molecule has 1 N–H and O–H groups in total. The van der Waals surface area contributed by atoms with E-state index in [0.29, 0.717) is 5.56 Å². The molecule has 0 aliphatic heterocycles. The fraction of sp³-hybridized carbons (Fsp3) is 0.364. The van der Waals surface area contributed by atoms with Crippen LogP contribution in [0.5, 0.6) is 0 Å². The SMILES string of the molecule is CCS(=O)(=O)[C@@H](CO)C(=O)c1ccccc1. The predicted molar refractivity (Wildman–Crippen MR) is 61.1 cm³/mol. The van der Waals surface area contributed by atoms with E-state index in [0.717, 1.165) is 0 Å². The second-order valence-corrected chi connectivity index (χ2v) is 5.83. The number of Topliss-reactive ketones (excluding diaryl/α,β-unsaturated/α-hetero) is 1. The lowest BCUT2D eigenvalue weighted by molar-refractivity contribution is 0.0961. The number of carbonyl (C=O) groups excluding carboxylic acids is 1. The smallest absolute Gasteiger partial charge is 0.183 e. The second kappa shape index (κ2) is 5.23. The molecule has 1 rings (SSSR count). The molecule has 0 radical (unpaired) electrons. The van der Waals surface area contributed by atoms with Crippen molar-refractivity contribution in [1.29, 1.82) is 0 Å². The van der Waals surface area contributed by atoms with Gasteiger partial charge in [-0.3, -0.25) is 4.79 Å². The number of benzene rings is 1. The summed E-state index contributed by atoms with van der Waals surface area (Å²) in [6, 6.07) is 8.12. The Morgan fingerprint density at radius 2 is 1.88 bits per heavy atom. The third kappa shape index (κ3) is 2.68. The fourth-order valence-corrected chi connectivity index (χ4v) is 2.44. The molecule has 1 atom stereocenters. The minimum atomic E-state index is -3.56. The molecule has 0 spiro atoms. The van der Waals surface area contributed by atoms with Gasteiger partial charge in [0.2, 0.25) is 0 Å². The lowest BCUT2D eigenvalue weighted by Gasteiger charge is -2.12. The molecule has 88 valence electrons. The van der Waals surface area contributed by atoms with Crippen molar-refractivity contribution in [2.24, 2.45) is 0 Å². The number of sulfone groups is 1. The molecule has 16 heavy (non-hydrogen) atoms. The quantitative estimate of drug-likeness (QED) is 0.770. The van der Waals surface area contributed by atoms with E-state index in [4.69, 9.17) is 5.11 Å². The monoisotopic (exact) mass is 242 g/mol. The number of ketones is 1. The summed E-state index contributed by atoms with van der Waals surface area (Å²) in [7, 11) is -3.56. The maximum absolute atomic E-state index is 11.8. The Labute approximate surface area is 94.8 Å². The first kappa shape index (κ1) is 12.9. The summed E-state index contributed by atoms with van der Waals surface area (Å²) in [4.78, 5) is 11.8. The molecule has 0 aliphatic rings. The summed E-state index contributed by atoms with van der Waals surface area (Å²) in [6.45, 7) is 0.778. The van der Waals surface area contributed by atoms with Gasteiger partial charge < -0.3 is 5.11 Å². The Hall–Kier alpha value is -1.20. The molecule has 0 unspecified atom stereocenters. The topological polar surface area (TPSA) is 71.4 Å². The van der Waals surface area contributed by atoms with Crippen molar-refractivity contribution in [3.63, 3.8) is 0 Å². The van der Waals surface area contributed by atoms with E-state index in [1.54, 1.807) is 18.2 Å². The predicted octanol–water partition coefficient (Wildman–Crippen LogP) is 0.665. The number of rotatable bonds is 5. The highest BCUT2D eigenvalue weighted by atomic mass is 32.2. The first-order valence-corrected chi connectivity index (χ1v) is 6.66. The van der Waals surface area contributed by atoms with E-state index in [1.807, 2.05) is 0 Å². The van der Waals surface area contributed by atoms with E-state index in [-0.39, 0.29) is 5.75 Å². The van der Waals surface area contributed by atoms with Crippen LogP contribution in [0.2, 0.25) is 0 Å². The van der Waals surface area contributed by atoms with Gasteiger partial charge in [0.25, 0.3) is 0 Å². The van der Waals surface area contributed by atoms with Gasteiger partial charge in [0.1, 0.15) is 5.25 Å². The molecule has 4 nitrogen and oxygen atoms in total. The molecule has 5 heteroatoms. The van der Waals surface area contributed by atoms with E-state index >= 15 is 0 Å². The van der Waals surface area contributed by atoms with Crippen molar-refractivity contribution in [3.05, 3.63) is 35.9 Å². The number of hydrogen-bond acceptors (Lipinski definition) is 4. The van der Waals surface area contributed by atoms with Gasteiger partial charge >= 0.3 is 0 Å². The van der Waals surface area contributed by atoms with Crippen LogP contribution in [0, 0.1) is 0 Å². The molecule has 0 fully saturated rings. The number of carbonyl (C=O) groups is 1. The number of aliphatic hydroxyl groups excluding tert-OH is 1. The molecule has 0 saturated carbocycles. The molecule has 1 aromatic carbocycles. The average molecular weight is 242 g/mol. The van der Waals surface area contributed by atoms with Gasteiger partial charge in [-0.25, -0.2) is 8.42 Å². The van der Waals surface area contributed by atoms with Crippen LogP contribution in [0.25, 0.3) is 0 Å². The Morgan fingerprint density at radius 1 is 1.31 bits per heavy atom. The van der Waals surface area contributed by atoms with Crippen molar-refractivity contribution in [3.8, 4) is 0 Å². The first-order chi connectivity index (χ1) is 7.53. The Bertz CT molecular complexity index is 450. The average Bonchev–Trinajstić information content (AvgIpc) is 2.30. The molecule has 0 heterocycles. The molecule has 0 bridgehead atoms. The minimum absolute atomic E-state index is 0.156. The van der Waals surface area contributed by atoms with Crippen LogP contribution in [0.4, 0.5) is 0 Å². The highest BCUT2D eigenvalue weighted by Gasteiger charge is 2.30. The summed E-state index contributed by atoms with van der Waals surface area (Å²) in [6.07, 6.45) is 0. The Kier molecular flexibility index (Phi) is 4.20. The molecule has 0 amide bonds. The van der Waals surface area contributed by atoms with Gasteiger partial charge in [-0.15, -0.1) is 0 Å². The largest absolute Gasteiger partial charge is 0.395 e. The van der Waals surface area contributed by atoms with Crippen molar-refractivity contribution in [2.75, 3.05) is 12.4 Å². The fourth-order valence-electron chi connectivity index (χ4n) is 1.35. The van der Waals surface area contributed by atoms with Gasteiger partial charge in [0.15, 0.2) is 15.6 Å². The standard InChI is InChI=1S/C11H14O4S/c1-2-16(14,15)10(8-12)11(13)9-6-4-3-5-7-9/h3-7,10,12H,2,8H2,1H3/t10-/m0/s1. The van der Waals surface area contributed by atoms with Gasteiger partial charge in [0.05, 0.1) is 6.61 Å². The zero-order chi connectivity index (χ0) is 12.2.